The van der Waals surface area contributed by atoms with E-state index in [0.29, 0.717) is 18.4 Å². The van der Waals surface area contributed by atoms with E-state index >= 15 is 0 Å². The van der Waals surface area contributed by atoms with Crippen LogP contribution in [0.3, 0.4) is 0 Å². The highest BCUT2D eigenvalue weighted by atomic mass is 16.1. The van der Waals surface area contributed by atoms with Crippen LogP contribution >= 0.6 is 0 Å². The van der Waals surface area contributed by atoms with Gasteiger partial charge in [0.05, 0.1) is 5.41 Å². The van der Waals surface area contributed by atoms with E-state index < -0.39 is 5.41 Å². The first-order valence-electron chi connectivity index (χ1n) is 10.4. The summed E-state index contributed by atoms with van der Waals surface area (Å²) in [6.07, 6.45) is 3.63. The molecule has 2 atom stereocenters. The maximum Gasteiger partial charge on any atom is 0.163 e. The third-order valence-electron chi connectivity index (χ3n) is 6.29. The van der Waals surface area contributed by atoms with Crippen molar-refractivity contribution in [3.05, 3.63) is 108 Å². The Balaban J connectivity index is 1.83. The minimum absolute atomic E-state index is 0.0909. The fourth-order valence-corrected chi connectivity index (χ4v) is 4.85. The van der Waals surface area contributed by atoms with Crippen molar-refractivity contribution in [2.24, 2.45) is 0 Å². The van der Waals surface area contributed by atoms with Crippen molar-refractivity contribution in [2.75, 3.05) is 0 Å². The quantitative estimate of drug-likeness (QED) is 0.481. The van der Waals surface area contributed by atoms with E-state index in [1.165, 1.54) is 0 Å². The molecule has 146 valence electrons. The molecule has 2 nitrogen and oxygen atoms in total. The Morgan fingerprint density at radius 1 is 0.793 bits per heavy atom. The van der Waals surface area contributed by atoms with Crippen LogP contribution in [0, 0.1) is 0 Å². The second-order valence-electron chi connectivity index (χ2n) is 7.92. The summed E-state index contributed by atoms with van der Waals surface area (Å²) in [5.41, 5.74) is 2.17. The molecule has 3 aromatic rings. The van der Waals surface area contributed by atoms with Gasteiger partial charge in [-0.05, 0) is 24.0 Å². The fourth-order valence-electron chi connectivity index (χ4n) is 4.85. The highest BCUT2D eigenvalue weighted by Crippen LogP contribution is 2.49. The largest absolute Gasteiger partial charge is 0.299 e. The zero-order chi connectivity index (χ0) is 20.1. The number of rotatable bonds is 6. The van der Waals surface area contributed by atoms with Crippen LogP contribution in [-0.4, -0.2) is 11.6 Å². The molecule has 0 heterocycles. The Kier molecular flexibility index (Phi) is 5.71. The molecule has 2 heteroatoms. The topological polar surface area (TPSA) is 34.1 Å². The maximum atomic E-state index is 13.5. The van der Waals surface area contributed by atoms with E-state index in [4.69, 9.17) is 0 Å². The molecule has 1 saturated carbocycles. The van der Waals surface area contributed by atoms with Crippen LogP contribution < -0.4 is 0 Å². The van der Waals surface area contributed by atoms with Gasteiger partial charge in [-0.25, -0.2) is 0 Å². The number of Topliss-reactive ketones (excluding diaryl/α,β-unsaturated/α-hetero) is 2. The molecule has 0 aromatic heterocycles. The lowest BCUT2D eigenvalue weighted by atomic mass is 9.58. The van der Waals surface area contributed by atoms with Crippen molar-refractivity contribution in [1.82, 2.24) is 0 Å². The zero-order valence-corrected chi connectivity index (χ0v) is 16.6. The molecule has 1 aliphatic rings. The number of hydrogen-bond donors (Lipinski definition) is 0. The standard InChI is InChI=1S/C27H26O2/c28-25(22-14-6-2-7-15-22)20-24(21-12-4-1-5-13-21)27(19-11-10-18-26(27)29)23-16-8-3-9-17-23/h1-9,12-17,24H,10-11,18-20H2. The summed E-state index contributed by atoms with van der Waals surface area (Å²) in [5, 5.41) is 0. The highest BCUT2D eigenvalue weighted by molar-refractivity contribution is 5.98. The molecular formula is C27H26O2. The third kappa shape index (κ3) is 3.80. The lowest BCUT2D eigenvalue weighted by Crippen LogP contribution is -2.44. The summed E-state index contributed by atoms with van der Waals surface area (Å²) >= 11 is 0. The van der Waals surface area contributed by atoms with Gasteiger partial charge in [-0.1, -0.05) is 97.4 Å². The van der Waals surface area contributed by atoms with Crippen LogP contribution in [0.1, 0.15) is 59.5 Å². The Bertz CT molecular complexity index is 963. The van der Waals surface area contributed by atoms with Crippen molar-refractivity contribution >= 4 is 11.6 Å². The van der Waals surface area contributed by atoms with Crippen molar-refractivity contribution in [3.8, 4) is 0 Å². The second-order valence-corrected chi connectivity index (χ2v) is 7.92. The normalized spacial score (nSPS) is 20.2. The van der Waals surface area contributed by atoms with Gasteiger partial charge in [0, 0.05) is 24.3 Å². The minimum Gasteiger partial charge on any atom is -0.299 e. The van der Waals surface area contributed by atoms with Gasteiger partial charge in [0.1, 0.15) is 5.78 Å². The summed E-state index contributed by atoms with van der Waals surface area (Å²) in [6.45, 7) is 0. The van der Waals surface area contributed by atoms with Gasteiger partial charge in [0.25, 0.3) is 0 Å². The van der Waals surface area contributed by atoms with Crippen LogP contribution in [-0.2, 0) is 10.2 Å². The summed E-state index contributed by atoms with van der Waals surface area (Å²) in [7, 11) is 0. The Morgan fingerprint density at radius 3 is 2.00 bits per heavy atom. The molecule has 0 radical (unpaired) electrons. The molecule has 2 unspecified atom stereocenters. The molecule has 29 heavy (non-hydrogen) atoms. The van der Waals surface area contributed by atoms with E-state index in [9.17, 15) is 9.59 Å². The molecular weight excluding hydrogens is 356 g/mol. The smallest absolute Gasteiger partial charge is 0.163 e. The molecule has 4 rings (SSSR count). The van der Waals surface area contributed by atoms with Crippen LogP contribution in [0.2, 0.25) is 0 Å². The van der Waals surface area contributed by atoms with E-state index in [1.807, 2.05) is 66.7 Å². The van der Waals surface area contributed by atoms with Gasteiger partial charge in [-0.2, -0.15) is 0 Å². The average Bonchev–Trinajstić information content (AvgIpc) is 2.80. The zero-order valence-electron chi connectivity index (χ0n) is 16.6. The molecule has 0 spiro atoms. The number of carbonyl (C=O) groups is 2. The molecule has 0 saturated heterocycles. The predicted octanol–water partition coefficient (Wildman–Crippen LogP) is 6.12. The average molecular weight is 383 g/mol. The number of ketones is 2. The fraction of sp³-hybridized carbons (Fsp3) is 0.259. The Morgan fingerprint density at radius 2 is 1.38 bits per heavy atom. The summed E-state index contributed by atoms with van der Waals surface area (Å²) < 4.78 is 0. The van der Waals surface area contributed by atoms with Crippen molar-refractivity contribution in [2.45, 2.75) is 43.4 Å². The second kappa shape index (κ2) is 8.57. The summed E-state index contributed by atoms with van der Waals surface area (Å²) in [6, 6.07) is 29.7. The summed E-state index contributed by atoms with van der Waals surface area (Å²) in [4.78, 5) is 26.8. The number of hydrogen-bond acceptors (Lipinski definition) is 2. The lowest BCUT2D eigenvalue weighted by molar-refractivity contribution is -0.127. The molecule has 0 bridgehead atoms. The first-order chi connectivity index (χ1) is 14.2. The van der Waals surface area contributed by atoms with E-state index in [-0.39, 0.29) is 17.5 Å². The number of carbonyl (C=O) groups excluding carboxylic acids is 2. The monoisotopic (exact) mass is 382 g/mol. The predicted molar refractivity (Wildman–Crippen MR) is 116 cm³/mol. The van der Waals surface area contributed by atoms with Crippen molar-refractivity contribution in [3.63, 3.8) is 0 Å². The molecule has 1 fully saturated rings. The molecule has 0 amide bonds. The molecule has 3 aromatic carbocycles. The van der Waals surface area contributed by atoms with Crippen LogP contribution in [0.15, 0.2) is 91.0 Å². The highest BCUT2D eigenvalue weighted by Gasteiger charge is 2.48. The van der Waals surface area contributed by atoms with E-state index in [1.54, 1.807) is 0 Å². The van der Waals surface area contributed by atoms with Gasteiger partial charge < -0.3 is 0 Å². The lowest BCUT2D eigenvalue weighted by Gasteiger charge is -2.43. The first kappa shape index (κ1) is 19.3. The van der Waals surface area contributed by atoms with Crippen LogP contribution in [0.5, 0.6) is 0 Å². The van der Waals surface area contributed by atoms with E-state index in [2.05, 4.69) is 24.3 Å². The first-order valence-corrected chi connectivity index (χ1v) is 10.4. The van der Waals surface area contributed by atoms with Gasteiger partial charge in [-0.3, -0.25) is 9.59 Å². The Labute approximate surface area is 172 Å². The van der Waals surface area contributed by atoms with Gasteiger partial charge in [0.2, 0.25) is 0 Å². The van der Waals surface area contributed by atoms with Gasteiger partial charge in [-0.15, -0.1) is 0 Å². The maximum absolute atomic E-state index is 13.5. The van der Waals surface area contributed by atoms with Crippen molar-refractivity contribution in [1.29, 1.82) is 0 Å². The third-order valence-corrected chi connectivity index (χ3v) is 6.29. The SMILES string of the molecule is O=C(CC(c1ccccc1)C1(c2ccccc2)CCCCC1=O)c1ccccc1. The Hall–Kier alpha value is -3.00. The van der Waals surface area contributed by atoms with Crippen molar-refractivity contribution < 1.29 is 9.59 Å². The molecule has 0 aliphatic heterocycles. The van der Waals surface area contributed by atoms with Gasteiger partial charge >= 0.3 is 0 Å². The molecule has 1 aliphatic carbocycles. The minimum atomic E-state index is -0.648. The number of benzene rings is 3. The van der Waals surface area contributed by atoms with Crippen LogP contribution in [0.25, 0.3) is 0 Å². The molecule has 0 N–H and O–H groups in total. The summed E-state index contributed by atoms with van der Waals surface area (Å²) in [5.74, 6) is 0.185. The van der Waals surface area contributed by atoms with Gasteiger partial charge in [0.15, 0.2) is 5.78 Å². The van der Waals surface area contributed by atoms with Crippen LogP contribution in [0.4, 0.5) is 0 Å². The van der Waals surface area contributed by atoms with E-state index in [0.717, 1.165) is 30.4 Å².